The maximum Gasteiger partial charge on any atom is 0.0774 e. The molecule has 0 radical (unpaired) electrons. The average molecular weight is 524 g/mol. The molecule has 0 bridgehead atoms. The van der Waals surface area contributed by atoms with Crippen LogP contribution in [0.15, 0.2) is 97.2 Å². The number of thiophene rings is 1. The molecule has 2 aromatic heterocycles. The number of hydrogen-bond donors (Lipinski definition) is 0. The van der Waals surface area contributed by atoms with E-state index < -0.39 is 0 Å². The summed E-state index contributed by atoms with van der Waals surface area (Å²) in [4.78, 5) is 4.54. The van der Waals surface area contributed by atoms with Crippen molar-refractivity contribution in [2.45, 2.75) is 6.92 Å². The van der Waals surface area contributed by atoms with Gasteiger partial charge in [0, 0.05) is 37.0 Å². The Labute approximate surface area is 228 Å². The van der Waals surface area contributed by atoms with E-state index >= 15 is 0 Å². The highest BCUT2D eigenvalue weighted by molar-refractivity contribution is 7.48. The molecule has 0 aliphatic carbocycles. The number of nitrogens with zero attached hydrogens (tertiary/aromatic N) is 1. The highest BCUT2D eigenvalue weighted by Crippen LogP contribution is 2.42. The van der Waals surface area contributed by atoms with E-state index in [1.165, 1.54) is 53.3 Å². The molecule has 1 unspecified atom stereocenters. The third-order valence-electron chi connectivity index (χ3n) is 7.46. The van der Waals surface area contributed by atoms with Crippen molar-refractivity contribution in [1.82, 2.24) is 4.98 Å². The van der Waals surface area contributed by atoms with Crippen LogP contribution in [0.1, 0.15) is 18.1 Å². The van der Waals surface area contributed by atoms with Crippen LogP contribution >= 0.6 is 19.9 Å². The van der Waals surface area contributed by atoms with Gasteiger partial charge in [0.2, 0.25) is 0 Å². The van der Waals surface area contributed by atoms with Crippen molar-refractivity contribution < 1.29 is 0 Å². The topological polar surface area (TPSA) is 12.9 Å². The molecular formula is C35H26NPS. The number of pyridine rings is 1. The fraction of sp³-hybridized carbons (Fsp3) is 0.0571. The summed E-state index contributed by atoms with van der Waals surface area (Å²) >= 11 is 1.89. The fourth-order valence-corrected chi connectivity index (χ4v) is 7.79. The maximum atomic E-state index is 4.54. The average Bonchev–Trinajstić information content (AvgIpc) is 3.35. The summed E-state index contributed by atoms with van der Waals surface area (Å²) in [5, 5.41) is 7.40. The molecule has 0 fully saturated rings. The van der Waals surface area contributed by atoms with E-state index in [1.54, 1.807) is 0 Å². The Balaban J connectivity index is 1.37. The summed E-state index contributed by atoms with van der Waals surface area (Å²) in [5.41, 5.74) is 7.54. The molecule has 0 amide bonds. The molecule has 182 valence electrons. The van der Waals surface area contributed by atoms with Crippen molar-refractivity contribution in [3.8, 4) is 11.1 Å². The first-order valence-corrected chi connectivity index (χ1v) is 14.9. The van der Waals surface area contributed by atoms with Gasteiger partial charge >= 0.3 is 0 Å². The first kappa shape index (κ1) is 23.3. The number of allylic oxidation sites excluding steroid dienone is 3. The van der Waals surface area contributed by atoms with Crippen LogP contribution < -0.4 is 15.7 Å². The number of fused-ring (bicyclic) bond motifs is 5. The number of aromatic nitrogens is 1. The molecule has 38 heavy (non-hydrogen) atoms. The summed E-state index contributed by atoms with van der Waals surface area (Å²) in [6, 6.07) is 28.8. The summed E-state index contributed by atoms with van der Waals surface area (Å²) in [6.07, 6.45) is 11.9. The summed E-state index contributed by atoms with van der Waals surface area (Å²) in [6.45, 7) is 6.50. The molecule has 0 spiro atoms. The zero-order valence-corrected chi connectivity index (χ0v) is 23.0. The molecular weight excluding hydrogens is 497 g/mol. The molecule has 4 aromatic carbocycles. The smallest absolute Gasteiger partial charge is 0.0774 e. The molecule has 1 nitrogen and oxygen atoms in total. The molecule has 3 heterocycles. The Morgan fingerprint density at radius 1 is 0.947 bits per heavy atom. The molecule has 3 heteroatoms. The lowest BCUT2D eigenvalue weighted by molar-refractivity contribution is 1.38. The van der Waals surface area contributed by atoms with Crippen molar-refractivity contribution in [2.75, 3.05) is 6.16 Å². The highest BCUT2D eigenvalue weighted by Gasteiger charge is 2.16. The van der Waals surface area contributed by atoms with Gasteiger partial charge in [0.05, 0.1) is 5.52 Å². The predicted molar refractivity (Wildman–Crippen MR) is 171 cm³/mol. The van der Waals surface area contributed by atoms with Gasteiger partial charge in [-0.3, -0.25) is 4.98 Å². The minimum absolute atomic E-state index is 0.821. The Morgan fingerprint density at radius 2 is 1.84 bits per heavy atom. The molecule has 1 aliphatic rings. The zero-order valence-electron chi connectivity index (χ0n) is 21.2. The van der Waals surface area contributed by atoms with E-state index in [9.17, 15) is 0 Å². The Bertz CT molecular complexity index is 2060. The van der Waals surface area contributed by atoms with Gasteiger partial charge in [0.15, 0.2) is 0 Å². The molecule has 0 N–H and O–H groups in total. The standard InChI is InChI=1S/C35H26NPS/c1-22(13-14-24-15-16-25-8-5-19-36-34(25)23(24)2)27-17-18-31-30(21-27)33-28(10-4-12-32(33)38-31)29-11-3-7-26-9-6-20-37-35(26)29/h3-19,21,37H,2,20H2,1H3/b22-13+,24-14-. The Hall–Kier alpha value is -3.84. The number of hydrogen-bond acceptors (Lipinski definition) is 2. The van der Waals surface area contributed by atoms with Gasteiger partial charge in [-0.2, -0.15) is 0 Å². The normalized spacial score (nSPS) is 14.7. The van der Waals surface area contributed by atoms with Crippen molar-refractivity contribution >= 4 is 80.6 Å². The van der Waals surface area contributed by atoms with Crippen molar-refractivity contribution in [2.24, 2.45) is 0 Å². The van der Waals surface area contributed by atoms with Gasteiger partial charge in [-0.25, -0.2) is 0 Å². The van der Waals surface area contributed by atoms with Crippen molar-refractivity contribution in [1.29, 1.82) is 0 Å². The number of rotatable bonds is 3. The van der Waals surface area contributed by atoms with Crippen LogP contribution in [0.2, 0.25) is 0 Å². The second-order valence-electron chi connectivity index (χ2n) is 9.77. The SMILES string of the molecule is C=c1/c(=C\C=C(/C)c2ccc3sc4cccc(-c5cccc6c5PCC=C6)c4c3c2)ccc2cccnc12. The lowest BCUT2D eigenvalue weighted by Gasteiger charge is -2.16. The van der Waals surface area contributed by atoms with Gasteiger partial charge < -0.3 is 0 Å². The van der Waals surface area contributed by atoms with Crippen LogP contribution in [0.5, 0.6) is 0 Å². The summed E-state index contributed by atoms with van der Waals surface area (Å²) in [5.74, 6) is 0. The first-order valence-electron chi connectivity index (χ1n) is 12.9. The van der Waals surface area contributed by atoms with Gasteiger partial charge in [-0.05, 0) is 75.7 Å². The third-order valence-corrected chi connectivity index (χ3v) is 9.95. The zero-order chi connectivity index (χ0) is 25.6. The van der Waals surface area contributed by atoms with E-state index in [1.807, 2.05) is 23.6 Å². The number of benzene rings is 4. The van der Waals surface area contributed by atoms with Crippen molar-refractivity contribution in [3.63, 3.8) is 0 Å². The predicted octanol–water partition coefficient (Wildman–Crippen LogP) is 7.89. The molecule has 0 saturated heterocycles. The van der Waals surface area contributed by atoms with Crippen LogP contribution in [0, 0.1) is 0 Å². The van der Waals surface area contributed by atoms with Crippen molar-refractivity contribution in [3.05, 3.63) is 119 Å². The Kier molecular flexibility index (Phi) is 5.81. The van der Waals surface area contributed by atoms with E-state index in [0.29, 0.717) is 0 Å². The first-order chi connectivity index (χ1) is 18.7. The Morgan fingerprint density at radius 3 is 2.79 bits per heavy atom. The summed E-state index contributed by atoms with van der Waals surface area (Å²) in [7, 11) is 0.821. The minimum atomic E-state index is 0.821. The van der Waals surface area contributed by atoms with Crippen LogP contribution in [0.4, 0.5) is 0 Å². The van der Waals surface area contributed by atoms with Crippen LogP contribution in [-0.2, 0) is 0 Å². The quantitative estimate of drug-likeness (QED) is 0.215. The van der Waals surface area contributed by atoms with Crippen LogP contribution in [-0.4, -0.2) is 11.1 Å². The fourth-order valence-electron chi connectivity index (χ4n) is 5.46. The van der Waals surface area contributed by atoms with E-state index in [0.717, 1.165) is 36.1 Å². The second-order valence-corrected chi connectivity index (χ2v) is 12.1. The molecule has 6 aromatic rings. The highest BCUT2D eigenvalue weighted by atomic mass is 32.1. The molecule has 7 rings (SSSR count). The van der Waals surface area contributed by atoms with E-state index in [2.05, 4.69) is 116 Å². The third kappa shape index (κ3) is 3.93. The van der Waals surface area contributed by atoms with Gasteiger partial charge in [-0.15, -0.1) is 11.3 Å². The van der Waals surface area contributed by atoms with E-state index in [-0.39, 0.29) is 0 Å². The second kappa shape index (κ2) is 9.48. The van der Waals surface area contributed by atoms with Gasteiger partial charge in [-0.1, -0.05) is 94.1 Å². The minimum Gasteiger partial charge on any atom is -0.256 e. The lowest BCUT2D eigenvalue weighted by atomic mass is 9.96. The molecule has 0 saturated carbocycles. The molecule has 1 aliphatic heterocycles. The van der Waals surface area contributed by atoms with E-state index in [4.69, 9.17) is 0 Å². The maximum absolute atomic E-state index is 4.54. The summed E-state index contributed by atoms with van der Waals surface area (Å²) < 4.78 is 2.68. The van der Waals surface area contributed by atoms with Crippen LogP contribution in [0.25, 0.3) is 66.5 Å². The lowest BCUT2D eigenvalue weighted by Crippen LogP contribution is -2.23. The largest absolute Gasteiger partial charge is 0.256 e. The monoisotopic (exact) mass is 523 g/mol. The van der Waals surface area contributed by atoms with Gasteiger partial charge in [0.1, 0.15) is 0 Å². The van der Waals surface area contributed by atoms with Crippen LogP contribution in [0.3, 0.4) is 0 Å². The van der Waals surface area contributed by atoms with Gasteiger partial charge in [0.25, 0.3) is 0 Å². The molecule has 1 atom stereocenters.